The summed E-state index contributed by atoms with van der Waals surface area (Å²) in [6.07, 6.45) is -22.6. The number of carboxylic acid groups (broad SMARTS) is 1. The summed E-state index contributed by atoms with van der Waals surface area (Å²) in [4.78, 5) is 124. The Morgan fingerprint density at radius 1 is 0.651 bits per heavy atom. The number of phenolic OH excluding ortho intramolecular Hbond substituents is 3. The highest BCUT2D eigenvalue weighted by Crippen LogP contribution is 2.51. The number of hydrogen-bond acceptors (Lipinski definition) is 29. The van der Waals surface area contributed by atoms with Gasteiger partial charge in [0.25, 0.3) is 0 Å². The second kappa shape index (κ2) is 38.2. The molecule has 0 aliphatic carbocycles. The summed E-state index contributed by atoms with van der Waals surface area (Å²) < 4.78 is 52.2. The molecule has 8 aliphatic rings. The molecule has 22 atom stereocenters. The van der Waals surface area contributed by atoms with Crippen LogP contribution in [-0.2, 0) is 75.1 Å². The Labute approximate surface area is 728 Å². The molecular weight excluding hydrogens is 1660 g/mol. The number of aromatic hydroxyl groups is 3. The monoisotopic (exact) mass is 1770 g/mol. The molecule has 23 N–H and O–H groups in total. The van der Waals surface area contributed by atoms with E-state index in [1.165, 1.54) is 71.1 Å². The number of carbonyl (C=O) groups excluding carboxylic acids is 7. The molecule has 0 spiro atoms. The van der Waals surface area contributed by atoms with Crippen molar-refractivity contribution in [2.24, 2.45) is 23.1 Å². The first kappa shape index (κ1) is 92.5. The van der Waals surface area contributed by atoms with Crippen molar-refractivity contribution in [2.45, 2.75) is 214 Å². The molecule has 37 nitrogen and oxygen atoms in total. The number of halogens is 1. The number of aliphatic hydroxyl groups excluding tert-OH is 6. The molecule has 38 heteroatoms. The van der Waals surface area contributed by atoms with Gasteiger partial charge >= 0.3 is 5.97 Å². The van der Waals surface area contributed by atoms with E-state index in [0.29, 0.717) is 0 Å². The number of phenols is 3. The van der Waals surface area contributed by atoms with Crippen LogP contribution in [0.2, 0.25) is 5.02 Å². The number of nitrogens with two attached hydrogens (primary N) is 3. The van der Waals surface area contributed by atoms with Gasteiger partial charge in [0.2, 0.25) is 53.4 Å². The van der Waals surface area contributed by atoms with Crippen LogP contribution in [-0.4, -0.2) is 227 Å². The highest BCUT2D eigenvalue weighted by molar-refractivity contribution is 6.32. The summed E-state index contributed by atoms with van der Waals surface area (Å²) in [5, 5.41) is 136. The van der Waals surface area contributed by atoms with Crippen LogP contribution in [0.5, 0.6) is 46.0 Å². The molecule has 7 aromatic carbocycles. The fraction of sp³-hybridized carbons (Fsp3) is 0.432. The Hall–Kier alpha value is -11.2. The zero-order valence-electron chi connectivity index (χ0n) is 69.8. The van der Waals surface area contributed by atoms with Gasteiger partial charge in [-0.15, -0.1) is 0 Å². The van der Waals surface area contributed by atoms with Gasteiger partial charge in [-0.1, -0.05) is 104 Å². The summed E-state index contributed by atoms with van der Waals surface area (Å²) >= 11 is 7.20. The lowest BCUT2D eigenvalue weighted by atomic mass is 9.86. The Kier molecular flexibility index (Phi) is 28.0. The molecule has 7 aromatic rings. The van der Waals surface area contributed by atoms with E-state index in [2.05, 4.69) is 37.2 Å². The summed E-state index contributed by atoms with van der Waals surface area (Å²) in [5.41, 5.74) is 16.1. The largest absolute Gasteiger partial charge is 0.507 e. The number of amides is 7. The lowest BCUT2D eigenvalue weighted by molar-refractivity contribution is -0.333. The number of aliphatic hydroxyl groups is 6. The predicted octanol–water partition coefficient (Wildman–Crippen LogP) is 2.99. The van der Waals surface area contributed by atoms with E-state index < -0.39 is 250 Å². The third-order valence-electron chi connectivity index (χ3n) is 23.3. The van der Waals surface area contributed by atoms with Crippen molar-refractivity contribution in [3.05, 3.63) is 177 Å². The second-order valence-corrected chi connectivity index (χ2v) is 34.0. The van der Waals surface area contributed by atoms with E-state index in [4.69, 9.17) is 66.7 Å². The van der Waals surface area contributed by atoms with E-state index in [1.54, 1.807) is 11.9 Å². The van der Waals surface area contributed by atoms with Gasteiger partial charge in [0.05, 0.1) is 54.1 Å². The van der Waals surface area contributed by atoms with Crippen molar-refractivity contribution in [3.8, 4) is 68.2 Å². The number of primary amides is 1. The molecule has 3 fully saturated rings. The molecule has 126 heavy (non-hydrogen) atoms. The van der Waals surface area contributed by atoms with Gasteiger partial charge in [-0.05, 0) is 148 Å². The smallest absolute Gasteiger partial charge is 0.330 e. The number of carbonyl (C=O) groups is 8. The molecule has 0 aromatic heterocycles. The van der Waals surface area contributed by atoms with E-state index in [1.807, 2.05) is 68.4 Å². The first-order valence-corrected chi connectivity index (χ1v) is 41.3. The van der Waals surface area contributed by atoms with Crippen LogP contribution in [0.25, 0.3) is 22.3 Å². The van der Waals surface area contributed by atoms with Gasteiger partial charge < -0.3 is 143 Å². The summed E-state index contributed by atoms with van der Waals surface area (Å²) in [5.74, 6) is -15.5. The minimum absolute atomic E-state index is 0.0504. The molecule has 8 heterocycles. The average Bonchev–Trinajstić information content (AvgIpc) is 0.753. The summed E-state index contributed by atoms with van der Waals surface area (Å²) in [7, 11) is 3.15. The zero-order valence-corrected chi connectivity index (χ0v) is 70.6. The molecule has 0 radical (unpaired) electrons. The number of ether oxygens (including phenoxy) is 8. The Morgan fingerprint density at radius 2 is 1.25 bits per heavy atom. The minimum atomic E-state index is -2.38. The lowest BCUT2D eigenvalue weighted by Crippen LogP contribution is -2.64. The summed E-state index contributed by atoms with van der Waals surface area (Å²) in [6.45, 7) is 8.58. The van der Waals surface area contributed by atoms with Gasteiger partial charge in [0.15, 0.2) is 36.2 Å². The number of aliphatic carboxylic acids is 1. The van der Waals surface area contributed by atoms with Crippen molar-refractivity contribution in [1.29, 1.82) is 0 Å². The van der Waals surface area contributed by atoms with Crippen molar-refractivity contribution in [1.82, 2.24) is 42.1 Å². The number of benzene rings is 7. The maximum Gasteiger partial charge on any atom is 0.330 e. The average molecular weight is 1770 g/mol. The van der Waals surface area contributed by atoms with Crippen LogP contribution in [0.4, 0.5) is 0 Å². The molecule has 674 valence electrons. The van der Waals surface area contributed by atoms with Crippen molar-refractivity contribution in [3.63, 3.8) is 0 Å². The number of nitrogens with one attached hydrogen (secondary N) is 7. The molecule has 9 unspecified atom stereocenters. The normalized spacial score (nSPS) is 29.6. The molecular formula is C88H104ClN11O26. The molecule has 7 amide bonds. The molecule has 0 saturated carbocycles. The predicted molar refractivity (Wildman–Crippen MR) is 448 cm³/mol. The lowest BCUT2D eigenvalue weighted by Gasteiger charge is -2.47. The van der Waals surface area contributed by atoms with E-state index in [9.17, 15) is 65.4 Å². The fourth-order valence-electron chi connectivity index (χ4n) is 16.5. The van der Waals surface area contributed by atoms with Crippen LogP contribution < -0.4 is 68.6 Å². The molecule has 8 aliphatic heterocycles. The van der Waals surface area contributed by atoms with E-state index in [-0.39, 0.29) is 77.0 Å². The number of nitrogens with zero attached hydrogens (tertiary/aromatic N) is 1. The van der Waals surface area contributed by atoms with E-state index >= 15 is 24.0 Å². The first-order valence-electron chi connectivity index (χ1n) is 40.9. The first-order chi connectivity index (χ1) is 59.7. The highest BCUT2D eigenvalue weighted by atomic mass is 35.5. The second-order valence-electron chi connectivity index (χ2n) is 33.6. The third kappa shape index (κ3) is 20.1. The number of carboxylic acids is 1. The zero-order chi connectivity index (χ0) is 91.0. The maximum absolute atomic E-state index is 16.7. The Morgan fingerprint density at radius 3 is 1.87 bits per heavy atom. The van der Waals surface area contributed by atoms with Crippen LogP contribution >= 0.6 is 11.6 Å². The van der Waals surface area contributed by atoms with Gasteiger partial charge in [-0.25, -0.2) is 4.79 Å². The van der Waals surface area contributed by atoms with Crippen LogP contribution in [0.15, 0.2) is 133 Å². The number of hydrogen-bond donors (Lipinski definition) is 20. The Balaban J connectivity index is 1.04. The summed E-state index contributed by atoms with van der Waals surface area (Å²) in [6, 6.07) is 18.0. The maximum atomic E-state index is 16.7. The van der Waals surface area contributed by atoms with Crippen LogP contribution in [0.3, 0.4) is 0 Å². The van der Waals surface area contributed by atoms with Gasteiger partial charge in [0, 0.05) is 53.7 Å². The molecule has 11 bridgehead atoms. The number of fused-ring (bicyclic) bond motifs is 15. The fourth-order valence-corrected chi connectivity index (χ4v) is 16.7. The van der Waals surface area contributed by atoms with Crippen LogP contribution in [0.1, 0.15) is 137 Å². The molecule has 3 saturated heterocycles. The topological polar surface area (TPSA) is 578 Å². The SMILES string of the molecule is CNC(CC(C)C)C(=O)NC1C(=O)NC(CC(N)=O)C(=O)NC2C(=O)NC3C(=O)NC(C(=O)NC(C(=O)O)c4cc(O)c(CN(C)Cc5ccc(-c6ccccc6)cc5)c(O)c4-c4cc3ccc4O)C(O[C@H]3C[C@](C)(N)[C@@H](O)[C@H](C)O3)c3ccc(cc3)Oc3cc2cc(c3O[C@@H]2O[C@H](CO)[C@@H](O)[C@H](O)[C@H]2O[C@H]2C[C@](C)(N)[C@@H](O)[C@H](C)O2)Oc2ccc(cc2Cl)C1O. The number of likely N-dealkylation sites (N-methyl/N-ethyl adjacent to an activating group) is 1. The van der Waals surface area contributed by atoms with Gasteiger partial charge in [0.1, 0.15) is 89.5 Å². The Bertz CT molecular complexity index is 5230. The van der Waals surface area contributed by atoms with E-state index in [0.717, 1.165) is 59.2 Å². The minimum Gasteiger partial charge on any atom is -0.507 e. The highest BCUT2D eigenvalue weighted by Gasteiger charge is 2.53. The standard InChI is InChI=1S/C88H104ClN11O26/c1-38(2)26-53(93-7)79(111)98-68-70(105)46-21-25-57(52(89)28-46)122-59-30-47-29-58(75(59)126-86-76(73(108)72(107)60(37-101)123-86)125-63-34-88(6,92)78(110)40(4)120-63)121-48-22-18-44(19-23-48)74(124-62-33-87(5,91)77(109)39(3)119-62)69-84(116)97-67(85(117)118)50-31-56(103)51(36-100(8)35-41-14-16-43(17-15-41)42-12-10-9-11-13-42)71(106)64(50)49-27-45(20-24-55(49)102)65(81(113)99-69)96-82(114)66(47)95-80(112)54(32-61(90)104)94-83(68)115/h9-25,27-31,38-40,53-54,60,62-63,65-70,72-74,76-78,86,93,101-103,105-110H,26,32-37,91-92H2,1-8H3,(H2,90,104)(H,94,115)(H,95,112)(H,96,114)(H,97,116)(H,98,111)(H,99,113)(H,117,118)/t39-,40-,53?,54?,60+,62-,63-,65?,66?,67?,68?,69?,70?,72+,73-,74?,76+,77-,78-,86-,87-,88-/m0/s1. The quantitative estimate of drug-likeness (QED) is 0.0521. The van der Waals surface area contributed by atoms with Crippen molar-refractivity contribution in [2.75, 3.05) is 20.7 Å². The third-order valence-corrected chi connectivity index (χ3v) is 23.6. The van der Waals surface area contributed by atoms with Crippen molar-refractivity contribution >= 4 is 58.9 Å². The number of rotatable bonds is 20. The van der Waals surface area contributed by atoms with Gasteiger partial charge in [-0.3, -0.25) is 38.5 Å². The van der Waals surface area contributed by atoms with Crippen LogP contribution in [0, 0.1) is 5.92 Å². The van der Waals surface area contributed by atoms with Gasteiger partial charge in [-0.2, -0.15) is 0 Å². The van der Waals surface area contributed by atoms with Crippen molar-refractivity contribution < 1.29 is 127 Å². The molecule has 15 rings (SSSR count).